The lowest BCUT2D eigenvalue weighted by Gasteiger charge is -2.37. The van der Waals surface area contributed by atoms with E-state index in [1.807, 2.05) is 17.0 Å². The summed E-state index contributed by atoms with van der Waals surface area (Å²) in [5, 5.41) is 9.96. The summed E-state index contributed by atoms with van der Waals surface area (Å²) in [6.07, 6.45) is -0.557. The Bertz CT molecular complexity index is 728. The van der Waals surface area contributed by atoms with Crippen LogP contribution in [-0.2, 0) is 4.79 Å². The fourth-order valence-electron chi connectivity index (χ4n) is 2.90. The Morgan fingerprint density at radius 3 is 2.44 bits per heavy atom. The van der Waals surface area contributed by atoms with Gasteiger partial charge in [-0.05, 0) is 49.4 Å². The van der Waals surface area contributed by atoms with Crippen LogP contribution in [0.5, 0.6) is 11.5 Å². The van der Waals surface area contributed by atoms with Crippen LogP contribution in [0.4, 0.5) is 5.69 Å². The van der Waals surface area contributed by atoms with E-state index in [1.54, 1.807) is 43.3 Å². The first-order valence-corrected chi connectivity index (χ1v) is 8.66. The Kier molecular flexibility index (Phi) is 5.34. The molecule has 1 aliphatic rings. The van der Waals surface area contributed by atoms with Crippen LogP contribution in [0.25, 0.3) is 0 Å². The monoisotopic (exact) mass is 360 g/mol. The average molecular weight is 361 g/mol. The molecule has 0 aliphatic carbocycles. The minimum atomic E-state index is -0.557. The van der Waals surface area contributed by atoms with E-state index in [9.17, 15) is 9.90 Å². The van der Waals surface area contributed by atoms with Gasteiger partial charge in [-0.3, -0.25) is 4.79 Å². The molecule has 1 fully saturated rings. The first kappa shape index (κ1) is 17.4. The molecule has 0 aromatic heterocycles. The maximum Gasteiger partial charge on any atom is 0.263 e. The molecule has 0 spiro atoms. The highest BCUT2D eigenvalue weighted by Crippen LogP contribution is 2.21. The van der Waals surface area contributed by atoms with E-state index in [-0.39, 0.29) is 11.7 Å². The number of anilines is 1. The lowest BCUT2D eigenvalue weighted by Crippen LogP contribution is -2.52. The predicted molar refractivity (Wildman–Crippen MR) is 98.4 cm³/mol. The molecular formula is C19H21ClN2O3. The molecule has 1 amide bonds. The lowest BCUT2D eigenvalue weighted by atomic mass is 10.2. The van der Waals surface area contributed by atoms with Crippen LogP contribution < -0.4 is 9.64 Å². The minimum absolute atomic E-state index is 0.0228. The van der Waals surface area contributed by atoms with Crippen LogP contribution in [0.15, 0.2) is 48.5 Å². The van der Waals surface area contributed by atoms with Crippen molar-refractivity contribution in [2.75, 3.05) is 31.1 Å². The normalized spacial score (nSPS) is 15.8. The van der Waals surface area contributed by atoms with Gasteiger partial charge in [-0.1, -0.05) is 17.7 Å². The number of aromatic hydroxyl groups is 1. The van der Waals surface area contributed by atoms with Crippen molar-refractivity contribution in [1.82, 2.24) is 4.90 Å². The Morgan fingerprint density at radius 2 is 1.80 bits per heavy atom. The number of halogens is 1. The van der Waals surface area contributed by atoms with Gasteiger partial charge in [0.2, 0.25) is 0 Å². The molecule has 2 aromatic rings. The second-order valence-corrected chi connectivity index (χ2v) is 6.48. The van der Waals surface area contributed by atoms with E-state index in [0.29, 0.717) is 23.9 Å². The number of hydrogen-bond acceptors (Lipinski definition) is 4. The molecule has 1 aliphatic heterocycles. The van der Waals surface area contributed by atoms with Gasteiger partial charge in [0.05, 0.1) is 0 Å². The molecule has 132 valence electrons. The highest BCUT2D eigenvalue weighted by atomic mass is 35.5. The van der Waals surface area contributed by atoms with Crippen molar-refractivity contribution in [3.8, 4) is 11.5 Å². The van der Waals surface area contributed by atoms with Gasteiger partial charge in [0.1, 0.15) is 11.5 Å². The van der Waals surface area contributed by atoms with Crippen molar-refractivity contribution in [2.24, 2.45) is 0 Å². The van der Waals surface area contributed by atoms with Crippen LogP contribution in [0, 0.1) is 0 Å². The number of piperazine rings is 1. The number of carbonyl (C=O) groups excluding carboxylic acids is 1. The van der Waals surface area contributed by atoms with Crippen molar-refractivity contribution in [1.29, 1.82) is 0 Å². The minimum Gasteiger partial charge on any atom is -0.508 e. The van der Waals surface area contributed by atoms with Crippen LogP contribution in [0.2, 0.25) is 5.02 Å². The second-order valence-electron chi connectivity index (χ2n) is 6.05. The Hall–Kier alpha value is -2.40. The fourth-order valence-corrected chi connectivity index (χ4v) is 3.08. The zero-order valence-corrected chi connectivity index (χ0v) is 14.8. The van der Waals surface area contributed by atoms with Gasteiger partial charge in [0.15, 0.2) is 6.10 Å². The number of ether oxygens (including phenoxy) is 1. The van der Waals surface area contributed by atoms with Gasteiger partial charge in [0.25, 0.3) is 5.91 Å². The van der Waals surface area contributed by atoms with Crippen molar-refractivity contribution < 1.29 is 14.6 Å². The van der Waals surface area contributed by atoms with Gasteiger partial charge in [-0.25, -0.2) is 0 Å². The number of phenols is 1. The number of carbonyl (C=O) groups is 1. The van der Waals surface area contributed by atoms with Crippen LogP contribution >= 0.6 is 11.6 Å². The quantitative estimate of drug-likeness (QED) is 0.910. The summed E-state index contributed by atoms with van der Waals surface area (Å²) >= 11 is 5.94. The molecule has 0 radical (unpaired) electrons. The highest BCUT2D eigenvalue weighted by Gasteiger charge is 2.26. The van der Waals surface area contributed by atoms with E-state index >= 15 is 0 Å². The fraction of sp³-hybridized carbons (Fsp3) is 0.316. The summed E-state index contributed by atoms with van der Waals surface area (Å²) in [4.78, 5) is 16.6. The van der Waals surface area contributed by atoms with Crippen molar-refractivity contribution in [2.45, 2.75) is 13.0 Å². The summed E-state index contributed by atoms with van der Waals surface area (Å²) in [5.74, 6) is 0.825. The highest BCUT2D eigenvalue weighted by molar-refractivity contribution is 6.30. The van der Waals surface area contributed by atoms with Crippen molar-refractivity contribution in [3.63, 3.8) is 0 Å². The first-order valence-electron chi connectivity index (χ1n) is 8.28. The molecule has 1 atom stereocenters. The number of amides is 1. The van der Waals surface area contributed by atoms with Crippen LogP contribution in [0.3, 0.4) is 0 Å². The molecule has 1 heterocycles. The maximum atomic E-state index is 12.6. The number of nitrogens with zero attached hydrogens (tertiary/aromatic N) is 2. The molecule has 1 N–H and O–H groups in total. The number of hydrogen-bond donors (Lipinski definition) is 1. The van der Waals surface area contributed by atoms with Gasteiger partial charge in [0, 0.05) is 36.9 Å². The zero-order valence-electron chi connectivity index (χ0n) is 14.1. The zero-order chi connectivity index (χ0) is 17.8. The largest absolute Gasteiger partial charge is 0.508 e. The van der Waals surface area contributed by atoms with E-state index in [1.165, 1.54) is 0 Å². The number of benzene rings is 2. The Labute approximate surface area is 152 Å². The van der Waals surface area contributed by atoms with Gasteiger partial charge in [-0.15, -0.1) is 0 Å². The third kappa shape index (κ3) is 4.37. The summed E-state index contributed by atoms with van der Waals surface area (Å²) in [7, 11) is 0. The molecule has 1 unspecified atom stereocenters. The first-order chi connectivity index (χ1) is 12.0. The standard InChI is InChI=1S/C19H21ClN2O3/c1-14(25-18-4-2-3-15(20)13-18)19(24)22-11-9-21(10-12-22)16-5-7-17(23)8-6-16/h2-8,13-14,23H,9-12H2,1H3. The van der Waals surface area contributed by atoms with E-state index < -0.39 is 6.10 Å². The van der Waals surface area contributed by atoms with Gasteiger partial charge < -0.3 is 19.6 Å². The molecule has 6 heteroatoms. The van der Waals surface area contributed by atoms with Crippen LogP contribution in [0.1, 0.15) is 6.92 Å². The molecule has 25 heavy (non-hydrogen) atoms. The molecule has 3 rings (SSSR count). The average Bonchev–Trinajstić information content (AvgIpc) is 2.62. The summed E-state index contributed by atoms with van der Waals surface area (Å²) < 4.78 is 5.72. The second kappa shape index (κ2) is 7.66. The number of rotatable bonds is 4. The molecule has 2 aromatic carbocycles. The smallest absolute Gasteiger partial charge is 0.263 e. The summed E-state index contributed by atoms with van der Waals surface area (Å²) in [6.45, 7) is 4.54. The molecule has 5 nitrogen and oxygen atoms in total. The maximum absolute atomic E-state index is 12.6. The Morgan fingerprint density at radius 1 is 1.12 bits per heavy atom. The number of phenolic OH excluding ortho intramolecular Hbond substituents is 1. The third-order valence-corrected chi connectivity index (χ3v) is 4.50. The van der Waals surface area contributed by atoms with E-state index in [4.69, 9.17) is 16.3 Å². The van der Waals surface area contributed by atoms with Crippen molar-refractivity contribution in [3.05, 3.63) is 53.6 Å². The third-order valence-electron chi connectivity index (χ3n) is 4.26. The summed E-state index contributed by atoms with van der Waals surface area (Å²) in [6, 6.07) is 14.2. The van der Waals surface area contributed by atoms with E-state index in [2.05, 4.69) is 4.90 Å². The van der Waals surface area contributed by atoms with Gasteiger partial charge in [-0.2, -0.15) is 0 Å². The Balaban J connectivity index is 1.54. The molecular weight excluding hydrogens is 340 g/mol. The predicted octanol–water partition coefficient (Wildman–Crippen LogP) is 3.16. The van der Waals surface area contributed by atoms with Crippen LogP contribution in [-0.4, -0.2) is 48.2 Å². The molecule has 0 bridgehead atoms. The molecule has 1 saturated heterocycles. The van der Waals surface area contributed by atoms with E-state index in [0.717, 1.165) is 18.8 Å². The summed E-state index contributed by atoms with van der Waals surface area (Å²) in [5.41, 5.74) is 1.05. The lowest BCUT2D eigenvalue weighted by molar-refractivity contribution is -0.138. The van der Waals surface area contributed by atoms with Crippen molar-refractivity contribution >= 4 is 23.2 Å². The molecule has 0 saturated carbocycles. The topological polar surface area (TPSA) is 53.0 Å². The van der Waals surface area contributed by atoms with Gasteiger partial charge >= 0.3 is 0 Å². The SMILES string of the molecule is CC(Oc1cccc(Cl)c1)C(=O)N1CCN(c2ccc(O)cc2)CC1.